The fourth-order valence-electron chi connectivity index (χ4n) is 2.51. The molecule has 0 bridgehead atoms. The summed E-state index contributed by atoms with van der Waals surface area (Å²) in [5, 5.41) is 0.745. The molecule has 0 radical (unpaired) electrons. The Bertz CT molecular complexity index is 977. The third-order valence-electron chi connectivity index (χ3n) is 4.06. The van der Waals surface area contributed by atoms with Crippen molar-refractivity contribution in [3.05, 3.63) is 70.2 Å². The van der Waals surface area contributed by atoms with Crippen LogP contribution in [-0.4, -0.2) is 31.1 Å². The molecule has 7 heteroatoms. The standard InChI is InChI=1S/C21H19NO5S/c1-13-18(28-19(22-13)15-8-10-17(25-2)11-9-15)21(24)27-12-14-4-6-16(7-5-14)20(23)26-3/h4-11H,12H2,1-3H3. The summed E-state index contributed by atoms with van der Waals surface area (Å²) in [6.45, 7) is 1.89. The third-order valence-corrected chi connectivity index (χ3v) is 5.25. The quantitative estimate of drug-likeness (QED) is 0.578. The summed E-state index contributed by atoms with van der Waals surface area (Å²) in [4.78, 5) is 28.9. The van der Waals surface area contributed by atoms with Crippen molar-refractivity contribution in [2.75, 3.05) is 14.2 Å². The maximum absolute atomic E-state index is 12.5. The lowest BCUT2D eigenvalue weighted by atomic mass is 10.1. The molecule has 3 rings (SSSR count). The van der Waals surface area contributed by atoms with Gasteiger partial charge in [0.15, 0.2) is 0 Å². The lowest BCUT2D eigenvalue weighted by Gasteiger charge is -2.05. The summed E-state index contributed by atoms with van der Waals surface area (Å²) in [5.74, 6) is -0.0726. The van der Waals surface area contributed by atoms with E-state index in [1.54, 1.807) is 38.3 Å². The molecular weight excluding hydrogens is 378 g/mol. The molecule has 144 valence electrons. The number of hydrogen-bond donors (Lipinski definition) is 0. The minimum Gasteiger partial charge on any atom is -0.497 e. The molecule has 2 aromatic carbocycles. The maximum atomic E-state index is 12.5. The van der Waals surface area contributed by atoms with Crippen molar-refractivity contribution in [3.8, 4) is 16.3 Å². The van der Waals surface area contributed by atoms with Gasteiger partial charge in [0.05, 0.1) is 25.5 Å². The predicted octanol–water partition coefficient (Wildman–Crippen LogP) is 4.27. The highest BCUT2D eigenvalue weighted by atomic mass is 32.1. The molecule has 0 amide bonds. The van der Waals surface area contributed by atoms with Gasteiger partial charge in [0.1, 0.15) is 22.2 Å². The number of carbonyl (C=O) groups is 2. The van der Waals surface area contributed by atoms with E-state index in [9.17, 15) is 9.59 Å². The molecule has 6 nitrogen and oxygen atoms in total. The van der Waals surface area contributed by atoms with Gasteiger partial charge in [-0.2, -0.15) is 0 Å². The Balaban J connectivity index is 1.67. The SMILES string of the molecule is COC(=O)c1ccc(COC(=O)c2sc(-c3ccc(OC)cc3)nc2C)cc1. The molecule has 0 aliphatic heterocycles. The highest BCUT2D eigenvalue weighted by Crippen LogP contribution is 2.29. The van der Waals surface area contributed by atoms with E-state index in [1.165, 1.54) is 18.4 Å². The van der Waals surface area contributed by atoms with E-state index in [1.807, 2.05) is 24.3 Å². The van der Waals surface area contributed by atoms with Crippen LogP contribution in [0.5, 0.6) is 5.75 Å². The number of thiazole rings is 1. The van der Waals surface area contributed by atoms with Gasteiger partial charge in [0.2, 0.25) is 0 Å². The molecule has 0 unspecified atom stereocenters. The van der Waals surface area contributed by atoms with Crippen LogP contribution < -0.4 is 4.74 Å². The molecular formula is C21H19NO5S. The van der Waals surface area contributed by atoms with Crippen LogP contribution in [-0.2, 0) is 16.1 Å². The molecule has 1 heterocycles. The van der Waals surface area contributed by atoms with Crippen LogP contribution in [0.15, 0.2) is 48.5 Å². The third kappa shape index (κ3) is 4.37. The van der Waals surface area contributed by atoms with E-state index in [0.717, 1.165) is 21.9 Å². The number of methoxy groups -OCH3 is 2. The minimum absolute atomic E-state index is 0.107. The molecule has 0 spiro atoms. The van der Waals surface area contributed by atoms with Crippen molar-refractivity contribution in [2.45, 2.75) is 13.5 Å². The summed E-state index contributed by atoms with van der Waals surface area (Å²) in [7, 11) is 2.94. The zero-order valence-electron chi connectivity index (χ0n) is 15.7. The second-order valence-corrected chi connectivity index (χ2v) is 6.93. The Labute approximate surface area is 166 Å². The van der Waals surface area contributed by atoms with E-state index >= 15 is 0 Å². The normalized spacial score (nSPS) is 10.4. The van der Waals surface area contributed by atoms with Crippen LogP contribution in [0.4, 0.5) is 0 Å². The van der Waals surface area contributed by atoms with E-state index in [-0.39, 0.29) is 6.61 Å². The van der Waals surface area contributed by atoms with Crippen LogP contribution in [0.2, 0.25) is 0 Å². The highest BCUT2D eigenvalue weighted by Gasteiger charge is 2.18. The van der Waals surface area contributed by atoms with Crippen molar-refractivity contribution in [1.29, 1.82) is 0 Å². The molecule has 0 saturated heterocycles. The average Bonchev–Trinajstić information content (AvgIpc) is 3.13. The first-order valence-corrected chi connectivity index (χ1v) is 9.29. The van der Waals surface area contributed by atoms with E-state index in [4.69, 9.17) is 9.47 Å². The van der Waals surface area contributed by atoms with Gasteiger partial charge >= 0.3 is 11.9 Å². The van der Waals surface area contributed by atoms with Gasteiger partial charge in [-0.25, -0.2) is 14.6 Å². The summed E-state index contributed by atoms with van der Waals surface area (Å²) in [5.41, 5.74) is 2.76. The van der Waals surface area contributed by atoms with Crippen molar-refractivity contribution in [2.24, 2.45) is 0 Å². The number of aryl methyl sites for hydroxylation is 1. The topological polar surface area (TPSA) is 74.7 Å². The summed E-state index contributed by atoms with van der Waals surface area (Å²) in [6.07, 6.45) is 0. The summed E-state index contributed by atoms with van der Waals surface area (Å²) in [6, 6.07) is 14.2. The van der Waals surface area contributed by atoms with Crippen molar-refractivity contribution in [3.63, 3.8) is 0 Å². The van der Waals surface area contributed by atoms with Crippen LogP contribution in [0.25, 0.3) is 10.6 Å². The fourth-order valence-corrected chi connectivity index (χ4v) is 3.48. The Morgan fingerprint density at radius 2 is 1.64 bits per heavy atom. The van der Waals surface area contributed by atoms with Crippen molar-refractivity contribution < 1.29 is 23.8 Å². The molecule has 28 heavy (non-hydrogen) atoms. The second-order valence-electron chi connectivity index (χ2n) is 5.93. The minimum atomic E-state index is -0.424. The van der Waals surface area contributed by atoms with Gasteiger partial charge in [-0.05, 0) is 48.9 Å². The molecule has 0 aliphatic rings. The number of esters is 2. The molecule has 0 saturated carbocycles. The zero-order valence-corrected chi connectivity index (χ0v) is 16.5. The van der Waals surface area contributed by atoms with E-state index < -0.39 is 11.9 Å². The number of nitrogens with zero attached hydrogens (tertiary/aromatic N) is 1. The van der Waals surface area contributed by atoms with Crippen molar-refractivity contribution in [1.82, 2.24) is 4.98 Å². The smallest absolute Gasteiger partial charge is 0.350 e. The van der Waals surface area contributed by atoms with Gasteiger partial charge < -0.3 is 14.2 Å². The monoisotopic (exact) mass is 397 g/mol. The summed E-state index contributed by atoms with van der Waals surface area (Å²) < 4.78 is 15.2. The van der Waals surface area contributed by atoms with Gasteiger partial charge in [0, 0.05) is 5.56 Å². The van der Waals surface area contributed by atoms with Crippen LogP contribution in [0.3, 0.4) is 0 Å². The number of ether oxygens (including phenoxy) is 3. The van der Waals surface area contributed by atoms with Gasteiger partial charge in [-0.1, -0.05) is 12.1 Å². The highest BCUT2D eigenvalue weighted by molar-refractivity contribution is 7.17. The van der Waals surface area contributed by atoms with Crippen LogP contribution in [0, 0.1) is 6.92 Å². The first kappa shape index (κ1) is 19.6. The van der Waals surface area contributed by atoms with E-state index in [2.05, 4.69) is 9.72 Å². The maximum Gasteiger partial charge on any atom is 0.350 e. The molecule has 0 aliphatic carbocycles. The predicted molar refractivity (Wildman–Crippen MR) is 106 cm³/mol. The first-order chi connectivity index (χ1) is 13.5. The summed E-state index contributed by atoms with van der Waals surface area (Å²) >= 11 is 1.29. The van der Waals surface area contributed by atoms with E-state index in [0.29, 0.717) is 16.1 Å². The Hall–Kier alpha value is -3.19. The largest absolute Gasteiger partial charge is 0.497 e. The number of carbonyl (C=O) groups excluding carboxylic acids is 2. The molecule has 0 atom stereocenters. The Kier molecular flexibility index (Phi) is 6.06. The zero-order chi connectivity index (χ0) is 20.1. The number of rotatable bonds is 6. The van der Waals surface area contributed by atoms with Gasteiger partial charge in [-0.3, -0.25) is 0 Å². The first-order valence-electron chi connectivity index (χ1n) is 8.48. The van der Waals surface area contributed by atoms with Crippen molar-refractivity contribution >= 4 is 23.3 Å². The second kappa shape index (κ2) is 8.67. The fraction of sp³-hybridized carbons (Fsp3) is 0.190. The Morgan fingerprint density at radius 3 is 2.25 bits per heavy atom. The number of hydrogen-bond acceptors (Lipinski definition) is 7. The molecule has 3 aromatic rings. The van der Waals surface area contributed by atoms with Gasteiger partial charge in [0.25, 0.3) is 0 Å². The lowest BCUT2D eigenvalue weighted by molar-refractivity contribution is 0.0476. The molecule has 0 N–H and O–H groups in total. The molecule has 0 fully saturated rings. The average molecular weight is 397 g/mol. The van der Waals surface area contributed by atoms with Gasteiger partial charge in [-0.15, -0.1) is 11.3 Å². The number of aromatic nitrogens is 1. The lowest BCUT2D eigenvalue weighted by Crippen LogP contribution is -2.05. The van der Waals surface area contributed by atoms with Crippen LogP contribution in [0.1, 0.15) is 31.3 Å². The Morgan fingerprint density at radius 1 is 0.964 bits per heavy atom. The molecule has 1 aromatic heterocycles. The van der Waals surface area contributed by atoms with Crippen LogP contribution >= 0.6 is 11.3 Å². The number of benzene rings is 2.